The monoisotopic (exact) mass is 286 g/mol. The second-order valence-electron chi connectivity index (χ2n) is 4.82. The Labute approximate surface area is 111 Å². The molecule has 0 aromatic carbocycles. The third-order valence-corrected chi connectivity index (χ3v) is 4.97. The fourth-order valence-electron chi connectivity index (χ4n) is 2.29. The second-order valence-corrected chi connectivity index (χ2v) is 7.15. The van der Waals surface area contributed by atoms with Crippen LogP contribution in [-0.2, 0) is 9.84 Å². The number of nitrogens with one attached hydrogen (secondary N) is 1. The highest BCUT2D eigenvalue weighted by Crippen LogP contribution is 2.25. The molecule has 8 nitrogen and oxygen atoms in total. The zero-order valence-corrected chi connectivity index (χ0v) is 11.5. The summed E-state index contributed by atoms with van der Waals surface area (Å²) in [6.07, 6.45) is 4.09. The number of anilines is 3. The smallest absolute Gasteiger partial charge is 0.229 e. The Balaban J connectivity index is 1.96. The van der Waals surface area contributed by atoms with E-state index in [2.05, 4.69) is 20.3 Å². The molecule has 0 atom stereocenters. The SMILES string of the molecule is CS(=O)(=O)C1CCC(Nc2nc(N)nc(N)n2)CC1. The van der Waals surface area contributed by atoms with Gasteiger partial charge in [0.15, 0.2) is 0 Å². The van der Waals surface area contributed by atoms with Gasteiger partial charge in [-0.3, -0.25) is 0 Å². The molecule has 9 heteroatoms. The molecule has 106 valence electrons. The lowest BCUT2D eigenvalue weighted by Gasteiger charge is -2.27. The molecule has 0 saturated heterocycles. The Morgan fingerprint density at radius 3 is 2.05 bits per heavy atom. The molecule has 1 saturated carbocycles. The van der Waals surface area contributed by atoms with Crippen LogP contribution >= 0.6 is 0 Å². The van der Waals surface area contributed by atoms with E-state index in [1.54, 1.807) is 0 Å². The fourth-order valence-corrected chi connectivity index (χ4v) is 3.42. The summed E-state index contributed by atoms with van der Waals surface area (Å²) in [4.78, 5) is 11.6. The van der Waals surface area contributed by atoms with Crippen LogP contribution in [0.5, 0.6) is 0 Å². The first-order valence-electron chi connectivity index (χ1n) is 6.07. The zero-order chi connectivity index (χ0) is 14.0. The summed E-state index contributed by atoms with van der Waals surface area (Å²) in [6, 6.07) is 0.138. The van der Waals surface area contributed by atoms with Gasteiger partial charge >= 0.3 is 0 Å². The summed E-state index contributed by atoms with van der Waals surface area (Å²) in [6.45, 7) is 0. The van der Waals surface area contributed by atoms with E-state index < -0.39 is 9.84 Å². The normalized spacial score (nSPS) is 24.1. The average molecular weight is 286 g/mol. The maximum absolute atomic E-state index is 11.5. The number of nitrogens with zero attached hydrogens (tertiary/aromatic N) is 3. The highest BCUT2D eigenvalue weighted by molar-refractivity contribution is 7.91. The number of hydrogen-bond acceptors (Lipinski definition) is 8. The molecule has 0 radical (unpaired) electrons. The van der Waals surface area contributed by atoms with Crippen LogP contribution in [0.1, 0.15) is 25.7 Å². The van der Waals surface area contributed by atoms with Crippen LogP contribution in [0.4, 0.5) is 17.8 Å². The van der Waals surface area contributed by atoms with Crippen LogP contribution in [0, 0.1) is 0 Å². The van der Waals surface area contributed by atoms with Crippen molar-refractivity contribution in [3.63, 3.8) is 0 Å². The number of aromatic nitrogens is 3. The molecule has 0 unspecified atom stereocenters. The minimum Gasteiger partial charge on any atom is -0.368 e. The first-order chi connectivity index (χ1) is 8.84. The van der Waals surface area contributed by atoms with E-state index in [0.717, 1.165) is 12.8 Å². The van der Waals surface area contributed by atoms with Crippen LogP contribution in [0.15, 0.2) is 0 Å². The van der Waals surface area contributed by atoms with E-state index >= 15 is 0 Å². The van der Waals surface area contributed by atoms with Gasteiger partial charge in [0.2, 0.25) is 17.8 Å². The molecule has 19 heavy (non-hydrogen) atoms. The van der Waals surface area contributed by atoms with Crippen molar-refractivity contribution >= 4 is 27.7 Å². The summed E-state index contributed by atoms with van der Waals surface area (Å²) < 4.78 is 22.9. The molecule has 1 heterocycles. The lowest BCUT2D eigenvalue weighted by atomic mass is 9.95. The van der Waals surface area contributed by atoms with Crippen molar-refractivity contribution < 1.29 is 8.42 Å². The minimum atomic E-state index is -2.94. The molecule has 0 aliphatic heterocycles. The van der Waals surface area contributed by atoms with Crippen molar-refractivity contribution in [2.24, 2.45) is 0 Å². The Hall–Kier alpha value is -1.64. The lowest BCUT2D eigenvalue weighted by Crippen LogP contribution is -2.32. The van der Waals surface area contributed by atoms with E-state index in [9.17, 15) is 8.42 Å². The highest BCUT2D eigenvalue weighted by atomic mass is 32.2. The van der Waals surface area contributed by atoms with Crippen molar-refractivity contribution in [2.75, 3.05) is 23.0 Å². The van der Waals surface area contributed by atoms with Crippen LogP contribution in [0.2, 0.25) is 0 Å². The third kappa shape index (κ3) is 3.66. The van der Waals surface area contributed by atoms with Gasteiger partial charge in [0.05, 0.1) is 5.25 Å². The Bertz CT molecular complexity index is 533. The van der Waals surface area contributed by atoms with Crippen molar-refractivity contribution in [3.8, 4) is 0 Å². The molecular weight excluding hydrogens is 268 g/mol. The van der Waals surface area contributed by atoms with E-state index in [-0.39, 0.29) is 23.2 Å². The lowest BCUT2D eigenvalue weighted by molar-refractivity contribution is 0.452. The Kier molecular flexibility index (Phi) is 3.74. The molecule has 2 rings (SSSR count). The van der Waals surface area contributed by atoms with E-state index in [0.29, 0.717) is 18.8 Å². The molecule has 0 spiro atoms. The van der Waals surface area contributed by atoms with Crippen molar-refractivity contribution in [2.45, 2.75) is 37.0 Å². The van der Waals surface area contributed by atoms with Gasteiger partial charge in [-0.2, -0.15) is 15.0 Å². The number of nitrogens with two attached hydrogens (primary N) is 2. The summed E-state index contributed by atoms with van der Waals surface area (Å²) in [5, 5.41) is 2.88. The first kappa shape index (κ1) is 13.8. The van der Waals surface area contributed by atoms with Gasteiger partial charge in [0, 0.05) is 12.3 Å². The van der Waals surface area contributed by atoms with Crippen LogP contribution in [0.25, 0.3) is 0 Å². The largest absolute Gasteiger partial charge is 0.368 e. The van der Waals surface area contributed by atoms with Gasteiger partial charge in [-0.1, -0.05) is 0 Å². The number of sulfone groups is 1. The topological polar surface area (TPSA) is 137 Å². The van der Waals surface area contributed by atoms with Gasteiger partial charge in [0.25, 0.3) is 0 Å². The maximum Gasteiger partial charge on any atom is 0.229 e. The first-order valence-corrected chi connectivity index (χ1v) is 8.02. The number of rotatable bonds is 3. The molecule has 0 amide bonds. The molecule has 0 bridgehead atoms. The van der Waals surface area contributed by atoms with Crippen LogP contribution < -0.4 is 16.8 Å². The van der Waals surface area contributed by atoms with Crippen LogP contribution in [-0.4, -0.2) is 40.9 Å². The highest BCUT2D eigenvalue weighted by Gasteiger charge is 2.28. The summed E-state index contributed by atoms with van der Waals surface area (Å²) in [7, 11) is -2.94. The zero-order valence-electron chi connectivity index (χ0n) is 10.7. The minimum absolute atomic E-state index is 0.0693. The van der Waals surface area contributed by atoms with E-state index in [1.165, 1.54) is 6.26 Å². The van der Waals surface area contributed by atoms with Gasteiger partial charge in [-0.15, -0.1) is 0 Å². The van der Waals surface area contributed by atoms with Crippen molar-refractivity contribution in [1.82, 2.24) is 15.0 Å². The van der Waals surface area contributed by atoms with Gasteiger partial charge < -0.3 is 16.8 Å². The van der Waals surface area contributed by atoms with Gasteiger partial charge in [-0.05, 0) is 25.7 Å². The molecule has 1 fully saturated rings. The molecule has 1 aromatic heterocycles. The molecule has 5 N–H and O–H groups in total. The standard InChI is InChI=1S/C10H18N6O2S/c1-19(17,18)7-4-2-6(3-5-7)13-10-15-8(11)14-9(12)16-10/h6-7H,2-5H2,1H3,(H5,11,12,13,14,15,16). The van der Waals surface area contributed by atoms with E-state index in [1.807, 2.05) is 0 Å². The summed E-state index contributed by atoms with van der Waals surface area (Å²) >= 11 is 0. The summed E-state index contributed by atoms with van der Waals surface area (Å²) in [5.74, 6) is 0.479. The summed E-state index contributed by atoms with van der Waals surface area (Å²) in [5.41, 5.74) is 11.0. The molecular formula is C10H18N6O2S. The molecule has 1 aromatic rings. The Morgan fingerprint density at radius 2 is 1.58 bits per heavy atom. The Morgan fingerprint density at radius 1 is 1.05 bits per heavy atom. The number of hydrogen-bond donors (Lipinski definition) is 3. The van der Waals surface area contributed by atoms with Gasteiger partial charge in [0.1, 0.15) is 9.84 Å². The van der Waals surface area contributed by atoms with Gasteiger partial charge in [-0.25, -0.2) is 8.42 Å². The number of nitrogen functional groups attached to an aromatic ring is 2. The average Bonchev–Trinajstić information content (AvgIpc) is 2.26. The van der Waals surface area contributed by atoms with E-state index in [4.69, 9.17) is 11.5 Å². The third-order valence-electron chi connectivity index (χ3n) is 3.28. The molecule has 1 aliphatic rings. The quantitative estimate of drug-likeness (QED) is 0.695. The second kappa shape index (κ2) is 5.16. The predicted octanol–water partition coefficient (Wildman–Crippen LogP) is -0.196. The maximum atomic E-state index is 11.5. The van der Waals surface area contributed by atoms with Crippen LogP contribution in [0.3, 0.4) is 0 Å². The molecule has 1 aliphatic carbocycles. The fraction of sp³-hybridized carbons (Fsp3) is 0.700. The van der Waals surface area contributed by atoms with Crippen molar-refractivity contribution in [3.05, 3.63) is 0 Å². The van der Waals surface area contributed by atoms with Crippen molar-refractivity contribution in [1.29, 1.82) is 0 Å². The predicted molar refractivity (Wildman–Crippen MR) is 73.2 cm³/mol.